The number of benzene rings is 1. The molecule has 0 unspecified atom stereocenters. The van der Waals surface area contributed by atoms with Gasteiger partial charge in [-0.3, -0.25) is 9.69 Å². The van der Waals surface area contributed by atoms with E-state index in [1.165, 1.54) is 0 Å². The van der Waals surface area contributed by atoms with Gasteiger partial charge in [-0.25, -0.2) is 0 Å². The van der Waals surface area contributed by atoms with Crippen LogP contribution < -0.4 is 5.32 Å². The van der Waals surface area contributed by atoms with Gasteiger partial charge in [0.2, 0.25) is 5.91 Å². The van der Waals surface area contributed by atoms with Gasteiger partial charge in [-0.1, -0.05) is 29.8 Å². The average molecular weight is 297 g/mol. The summed E-state index contributed by atoms with van der Waals surface area (Å²) in [5.41, 5.74) is 0.927. The zero-order valence-corrected chi connectivity index (χ0v) is 12.4. The molecule has 5 heteroatoms. The Labute approximate surface area is 124 Å². The highest BCUT2D eigenvalue weighted by Crippen LogP contribution is 2.22. The van der Waals surface area contributed by atoms with Crippen LogP contribution in [0.25, 0.3) is 0 Å². The molecule has 0 spiro atoms. The lowest BCUT2D eigenvalue weighted by atomic mass is 10.1. The Hall–Kier alpha value is -1.10. The van der Waals surface area contributed by atoms with Gasteiger partial charge in [0.1, 0.15) is 0 Å². The van der Waals surface area contributed by atoms with Crippen molar-refractivity contribution in [2.24, 2.45) is 0 Å². The Morgan fingerprint density at radius 1 is 1.45 bits per heavy atom. The maximum absolute atomic E-state index is 12.0. The van der Waals surface area contributed by atoms with Crippen LogP contribution in [-0.4, -0.2) is 41.7 Å². The number of aliphatic hydroxyl groups excluding tert-OH is 1. The van der Waals surface area contributed by atoms with Crippen molar-refractivity contribution in [2.75, 3.05) is 19.6 Å². The lowest BCUT2D eigenvalue weighted by Gasteiger charge is -2.29. The quantitative estimate of drug-likeness (QED) is 0.893. The third-order valence-electron chi connectivity index (χ3n) is 3.67. The van der Waals surface area contributed by atoms with Gasteiger partial charge in [-0.2, -0.15) is 0 Å². The Bertz CT molecular complexity index is 459. The summed E-state index contributed by atoms with van der Waals surface area (Å²) in [5, 5.41) is 13.1. The molecule has 1 saturated heterocycles. The van der Waals surface area contributed by atoms with Crippen LogP contribution in [0.15, 0.2) is 24.3 Å². The van der Waals surface area contributed by atoms with E-state index in [1.807, 2.05) is 31.2 Å². The Morgan fingerprint density at radius 3 is 2.75 bits per heavy atom. The molecular formula is C15H21ClN2O2. The Kier molecular flexibility index (Phi) is 5.40. The molecule has 0 saturated carbocycles. The highest BCUT2D eigenvalue weighted by atomic mass is 35.5. The van der Waals surface area contributed by atoms with E-state index in [0.29, 0.717) is 11.6 Å². The van der Waals surface area contributed by atoms with Crippen LogP contribution in [0.5, 0.6) is 0 Å². The van der Waals surface area contributed by atoms with Crippen LogP contribution >= 0.6 is 11.6 Å². The second-order valence-corrected chi connectivity index (χ2v) is 5.73. The van der Waals surface area contributed by atoms with E-state index in [4.69, 9.17) is 11.6 Å². The zero-order chi connectivity index (χ0) is 14.5. The number of carbonyl (C=O) groups excluding carboxylic acids is 1. The van der Waals surface area contributed by atoms with Crippen molar-refractivity contribution in [3.8, 4) is 0 Å². The van der Waals surface area contributed by atoms with Crippen molar-refractivity contribution in [2.45, 2.75) is 31.9 Å². The van der Waals surface area contributed by atoms with Crippen molar-refractivity contribution in [1.82, 2.24) is 10.2 Å². The van der Waals surface area contributed by atoms with Crippen molar-refractivity contribution >= 4 is 17.5 Å². The first-order valence-corrected chi connectivity index (χ1v) is 7.38. The van der Waals surface area contributed by atoms with Crippen molar-refractivity contribution in [1.29, 1.82) is 0 Å². The van der Waals surface area contributed by atoms with E-state index >= 15 is 0 Å². The smallest absolute Gasteiger partial charge is 0.234 e. The lowest BCUT2D eigenvalue weighted by Crippen LogP contribution is -2.43. The number of likely N-dealkylation sites (tertiary alicyclic amines) is 1. The maximum atomic E-state index is 12.0. The molecule has 1 heterocycles. The van der Waals surface area contributed by atoms with E-state index in [1.54, 1.807) is 0 Å². The van der Waals surface area contributed by atoms with E-state index in [-0.39, 0.29) is 18.1 Å². The molecule has 2 rings (SSSR count). The number of amides is 1. The van der Waals surface area contributed by atoms with Crippen molar-refractivity contribution in [3.63, 3.8) is 0 Å². The topological polar surface area (TPSA) is 52.6 Å². The number of piperidine rings is 1. The molecule has 0 bridgehead atoms. The first-order valence-electron chi connectivity index (χ1n) is 7.00. The number of halogens is 1. The van der Waals surface area contributed by atoms with Crippen molar-refractivity contribution in [3.05, 3.63) is 34.9 Å². The summed E-state index contributed by atoms with van der Waals surface area (Å²) in [7, 11) is 0. The number of aliphatic hydroxyl groups is 1. The molecule has 1 aromatic rings. The van der Waals surface area contributed by atoms with Crippen LogP contribution in [0, 0.1) is 0 Å². The highest BCUT2D eigenvalue weighted by Gasteiger charge is 2.20. The average Bonchev–Trinajstić information content (AvgIpc) is 2.41. The molecule has 1 amide bonds. The van der Waals surface area contributed by atoms with Gasteiger partial charge in [-0.15, -0.1) is 0 Å². The molecule has 1 fully saturated rings. The fraction of sp³-hybridized carbons (Fsp3) is 0.533. The summed E-state index contributed by atoms with van der Waals surface area (Å²) in [6.45, 7) is 3.85. The molecule has 4 nitrogen and oxygen atoms in total. The second-order valence-electron chi connectivity index (χ2n) is 5.32. The third kappa shape index (κ3) is 4.20. The van der Waals surface area contributed by atoms with E-state index in [2.05, 4.69) is 10.2 Å². The van der Waals surface area contributed by atoms with Crippen molar-refractivity contribution < 1.29 is 9.90 Å². The minimum absolute atomic E-state index is 0.00573. The summed E-state index contributed by atoms with van der Waals surface area (Å²) < 4.78 is 0. The van der Waals surface area contributed by atoms with Gasteiger partial charge >= 0.3 is 0 Å². The van der Waals surface area contributed by atoms with Crippen LogP contribution in [-0.2, 0) is 4.79 Å². The summed E-state index contributed by atoms with van der Waals surface area (Å²) in [5.74, 6) is -0.00573. The normalized spacial score (nSPS) is 18.8. The number of nitrogens with zero attached hydrogens (tertiary/aromatic N) is 1. The summed E-state index contributed by atoms with van der Waals surface area (Å²) >= 11 is 6.12. The number of hydrogen-bond donors (Lipinski definition) is 2. The lowest BCUT2D eigenvalue weighted by molar-refractivity contribution is -0.123. The molecule has 1 atom stereocenters. The predicted octanol–water partition coefficient (Wildman–Crippen LogP) is 1.97. The molecule has 110 valence electrons. The number of nitrogens with one attached hydrogen (secondary N) is 1. The van der Waals surface area contributed by atoms with E-state index in [0.717, 1.165) is 31.5 Å². The molecule has 0 aromatic heterocycles. The molecule has 1 aliphatic heterocycles. The Balaban J connectivity index is 1.84. The van der Waals surface area contributed by atoms with Gasteiger partial charge in [0.25, 0.3) is 0 Å². The van der Waals surface area contributed by atoms with E-state index in [9.17, 15) is 9.90 Å². The SMILES string of the molecule is C[C@H](NC(=O)CN1CCC(O)CC1)c1ccccc1Cl. The molecule has 0 radical (unpaired) electrons. The molecule has 0 aliphatic carbocycles. The van der Waals surface area contributed by atoms with Crippen LogP contribution in [0.4, 0.5) is 0 Å². The summed E-state index contributed by atoms with van der Waals surface area (Å²) in [6, 6.07) is 7.43. The van der Waals surface area contributed by atoms with Gasteiger partial charge in [0.05, 0.1) is 18.7 Å². The number of hydrogen-bond acceptors (Lipinski definition) is 3. The van der Waals surface area contributed by atoms with Crippen LogP contribution in [0.3, 0.4) is 0 Å². The van der Waals surface area contributed by atoms with Gasteiger partial charge in [0, 0.05) is 18.1 Å². The largest absolute Gasteiger partial charge is 0.393 e. The van der Waals surface area contributed by atoms with Crippen LogP contribution in [0.1, 0.15) is 31.4 Å². The molecule has 20 heavy (non-hydrogen) atoms. The van der Waals surface area contributed by atoms with Gasteiger partial charge in [0.15, 0.2) is 0 Å². The number of carbonyl (C=O) groups is 1. The molecule has 2 N–H and O–H groups in total. The molecule has 1 aliphatic rings. The standard InChI is InChI=1S/C15H21ClN2O2/c1-11(13-4-2-3-5-14(13)16)17-15(20)10-18-8-6-12(19)7-9-18/h2-5,11-12,19H,6-10H2,1H3,(H,17,20)/t11-/m0/s1. The minimum Gasteiger partial charge on any atom is -0.393 e. The number of rotatable bonds is 4. The monoisotopic (exact) mass is 296 g/mol. The first-order chi connectivity index (χ1) is 9.56. The summed E-state index contributed by atoms with van der Waals surface area (Å²) in [6.07, 6.45) is 1.28. The highest BCUT2D eigenvalue weighted by molar-refractivity contribution is 6.31. The fourth-order valence-corrected chi connectivity index (χ4v) is 2.77. The second kappa shape index (κ2) is 7.07. The minimum atomic E-state index is -0.212. The summed E-state index contributed by atoms with van der Waals surface area (Å²) in [4.78, 5) is 14.1. The van der Waals surface area contributed by atoms with E-state index < -0.39 is 0 Å². The molecule has 1 aromatic carbocycles. The molecular weight excluding hydrogens is 276 g/mol. The zero-order valence-electron chi connectivity index (χ0n) is 11.7. The van der Waals surface area contributed by atoms with Gasteiger partial charge in [-0.05, 0) is 31.4 Å². The Morgan fingerprint density at radius 2 is 2.10 bits per heavy atom. The third-order valence-corrected chi connectivity index (χ3v) is 4.02. The first kappa shape index (κ1) is 15.3. The van der Waals surface area contributed by atoms with Crippen LogP contribution in [0.2, 0.25) is 5.02 Å². The van der Waals surface area contributed by atoms with Gasteiger partial charge < -0.3 is 10.4 Å². The maximum Gasteiger partial charge on any atom is 0.234 e. The predicted molar refractivity (Wildman–Crippen MR) is 79.7 cm³/mol. The fourth-order valence-electron chi connectivity index (χ4n) is 2.47.